The van der Waals surface area contributed by atoms with Gasteiger partial charge in [0.25, 0.3) is 11.5 Å². The summed E-state index contributed by atoms with van der Waals surface area (Å²) < 4.78 is 6.41. The molecule has 1 amide bonds. The number of aliphatic hydroxyl groups is 2. The second kappa shape index (κ2) is 10.2. The van der Waals surface area contributed by atoms with Gasteiger partial charge >= 0.3 is 0 Å². The number of halogens is 1. The predicted octanol–water partition coefficient (Wildman–Crippen LogP) is -1.49. The van der Waals surface area contributed by atoms with Crippen LogP contribution in [0, 0.1) is 10.4 Å². The zero-order valence-electron chi connectivity index (χ0n) is 24.0. The van der Waals surface area contributed by atoms with E-state index in [1.165, 1.54) is 23.2 Å². The third kappa shape index (κ3) is 3.92. The number of nitrogens with one attached hydrogen (secondary N) is 2. The highest BCUT2D eigenvalue weighted by Crippen LogP contribution is 2.56. The highest BCUT2D eigenvalue weighted by Gasteiger charge is 2.53. The number of methoxy groups -OCH3 is 1. The number of aromatic amines is 1. The lowest BCUT2D eigenvalue weighted by Gasteiger charge is -2.27. The largest absolute Gasteiger partial charge is 0.510 e. The molecule has 1 atom stereocenters. The Morgan fingerprint density at radius 2 is 1.79 bits per heavy atom. The van der Waals surface area contributed by atoms with Crippen molar-refractivity contribution in [3.05, 3.63) is 125 Å². The van der Waals surface area contributed by atoms with Crippen molar-refractivity contribution in [3.63, 3.8) is 0 Å². The maximum atomic E-state index is 13.7. The number of benzene rings is 1. The zero-order chi connectivity index (χ0) is 33.5. The standard InChI is InChI=1S/C31H20ClN5O10/c1-47-15-7-14(38)18-19(24(15)40)26(42)21-20(25(18)41)28(44)31(29(21)45)3-2-12-22(31)27(43)17-13(23(12)32)6-11(35-30(17)46)8-34-36-16(39)9-37-5-4-33-10-37/h4-8,10,43-45H,2-3,9H2,1H3,(H,35,46)(H,36,39)/b34-8+/t31-/m0/s1. The number of hydrogen-bond donors (Lipinski definition) is 5. The summed E-state index contributed by atoms with van der Waals surface area (Å²) in [5.74, 6) is -3.34. The van der Waals surface area contributed by atoms with Crippen LogP contribution in [0.25, 0.3) is 22.3 Å². The first kappa shape index (κ1) is 29.6. The molecule has 2 aromatic heterocycles. The average molecular weight is 658 g/mol. The van der Waals surface area contributed by atoms with Gasteiger partial charge < -0.3 is 29.6 Å². The summed E-state index contributed by atoms with van der Waals surface area (Å²) in [6.45, 7) is -0.0568. The molecule has 3 aromatic rings. The number of aromatic hydroxyl groups is 1. The molecule has 47 heavy (non-hydrogen) atoms. The van der Waals surface area contributed by atoms with E-state index in [1.54, 1.807) is 6.20 Å². The van der Waals surface area contributed by atoms with Crippen LogP contribution in [0.5, 0.6) is 11.5 Å². The highest BCUT2D eigenvalue weighted by atomic mass is 35.5. The number of H-pyrrole nitrogens is 1. The van der Waals surface area contributed by atoms with Crippen LogP contribution in [-0.2, 0) is 23.2 Å². The average Bonchev–Trinajstić information content (AvgIpc) is 3.75. The van der Waals surface area contributed by atoms with Gasteiger partial charge in [0, 0.05) is 29.4 Å². The molecule has 0 aliphatic heterocycles. The maximum Gasteiger partial charge on any atom is 0.260 e. The molecule has 0 unspecified atom stereocenters. The van der Waals surface area contributed by atoms with E-state index in [-0.39, 0.29) is 52.0 Å². The monoisotopic (exact) mass is 657 g/mol. The van der Waals surface area contributed by atoms with Crippen molar-refractivity contribution in [1.82, 2.24) is 20.0 Å². The molecule has 1 spiro atoms. The fourth-order valence-corrected chi connectivity index (χ4v) is 6.97. The summed E-state index contributed by atoms with van der Waals surface area (Å²) in [4.78, 5) is 84.8. The first-order valence-corrected chi connectivity index (χ1v) is 14.2. The summed E-state index contributed by atoms with van der Waals surface area (Å²) in [6, 6.07) is 2.15. The van der Waals surface area contributed by atoms with Crippen LogP contribution < -0.4 is 47.9 Å². The Bertz CT molecular complexity index is 2750. The zero-order valence-corrected chi connectivity index (χ0v) is 24.8. The van der Waals surface area contributed by atoms with Gasteiger partial charge in [0.2, 0.25) is 16.3 Å². The third-order valence-corrected chi connectivity index (χ3v) is 9.09. The lowest BCUT2D eigenvalue weighted by molar-refractivity contribution is -0.121. The van der Waals surface area contributed by atoms with Crippen LogP contribution in [0.1, 0.15) is 23.2 Å². The Morgan fingerprint density at radius 3 is 2.45 bits per heavy atom. The van der Waals surface area contributed by atoms with Gasteiger partial charge in [-0.15, -0.1) is 0 Å². The normalized spacial score (nSPS) is 16.9. The number of fused-ring (bicyclic) bond motifs is 4. The maximum absolute atomic E-state index is 13.7. The molecule has 1 aromatic carbocycles. The van der Waals surface area contributed by atoms with E-state index in [0.29, 0.717) is 0 Å². The minimum Gasteiger partial charge on any atom is -0.510 e. The van der Waals surface area contributed by atoms with E-state index in [4.69, 9.17) is 16.3 Å². The molecule has 5 N–H and O–H groups in total. The molecule has 2 heterocycles. The number of carbonyl (C=O) groups excluding carboxylic acids is 1. The van der Waals surface area contributed by atoms with Crippen LogP contribution in [0.4, 0.5) is 0 Å². The number of hydrazone groups is 1. The Morgan fingerprint density at radius 1 is 1.09 bits per heavy atom. The van der Waals surface area contributed by atoms with Gasteiger partial charge in [-0.25, -0.2) is 10.4 Å². The number of imidazole rings is 1. The van der Waals surface area contributed by atoms with Crippen molar-refractivity contribution in [2.24, 2.45) is 5.10 Å². The van der Waals surface area contributed by atoms with Gasteiger partial charge in [-0.2, -0.15) is 5.10 Å². The molecule has 0 saturated carbocycles. The van der Waals surface area contributed by atoms with Gasteiger partial charge in [-0.1, -0.05) is 11.6 Å². The summed E-state index contributed by atoms with van der Waals surface area (Å²) in [7, 11) is 1.10. The van der Waals surface area contributed by atoms with Crippen molar-refractivity contribution in [3.8, 4) is 11.5 Å². The third-order valence-electron chi connectivity index (χ3n) is 8.66. The predicted molar refractivity (Wildman–Crippen MR) is 166 cm³/mol. The van der Waals surface area contributed by atoms with Crippen molar-refractivity contribution in [2.45, 2.75) is 24.8 Å². The lowest BCUT2D eigenvalue weighted by atomic mass is 9.78. The molecular formula is C31H20ClN5O10. The van der Waals surface area contributed by atoms with Crippen LogP contribution >= 0.6 is 11.6 Å². The fourth-order valence-electron chi connectivity index (χ4n) is 6.64. The van der Waals surface area contributed by atoms with Gasteiger partial charge in [0.05, 0.1) is 56.6 Å². The van der Waals surface area contributed by atoms with Crippen LogP contribution in [0.2, 0.25) is 5.02 Å². The number of phenols is 1. The summed E-state index contributed by atoms with van der Waals surface area (Å²) in [6.07, 6.45) is 5.48. The number of aromatic nitrogens is 3. The van der Waals surface area contributed by atoms with E-state index in [2.05, 4.69) is 20.5 Å². The lowest BCUT2D eigenvalue weighted by Crippen LogP contribution is -2.51. The Hall–Kier alpha value is -6.09. The number of nitrogens with zero attached hydrogens (tertiary/aromatic N) is 3. The second-order valence-electron chi connectivity index (χ2n) is 11.1. The number of phenolic OH excluding ortho intramolecular Hbond substituents is 1. The summed E-state index contributed by atoms with van der Waals surface area (Å²) in [5.41, 5.74) is -4.96. The molecule has 4 aliphatic rings. The smallest absolute Gasteiger partial charge is 0.260 e. The van der Waals surface area contributed by atoms with Crippen LogP contribution in [0.3, 0.4) is 0 Å². The molecule has 236 valence electrons. The van der Waals surface area contributed by atoms with Crippen LogP contribution in [0.15, 0.2) is 59.9 Å². The number of rotatable bonds is 5. The number of amides is 1. The molecule has 0 saturated heterocycles. The first-order chi connectivity index (χ1) is 22.4. The molecule has 0 radical (unpaired) electrons. The fraction of sp³-hybridized carbons (Fsp3) is 0.161. The van der Waals surface area contributed by atoms with Gasteiger partial charge in [0.1, 0.15) is 29.2 Å². The van der Waals surface area contributed by atoms with Gasteiger partial charge in [0.15, 0.2) is 11.2 Å². The van der Waals surface area contributed by atoms with Gasteiger partial charge in [-0.05, 0) is 24.5 Å². The van der Waals surface area contributed by atoms with E-state index >= 15 is 0 Å². The Kier molecular flexibility index (Phi) is 6.44. The van der Waals surface area contributed by atoms with Crippen molar-refractivity contribution < 1.29 is 24.9 Å². The number of ether oxygens (including phenoxy) is 1. The molecule has 4 aliphatic carbocycles. The van der Waals surface area contributed by atoms with Crippen molar-refractivity contribution in [1.29, 1.82) is 0 Å². The second-order valence-corrected chi connectivity index (χ2v) is 11.4. The topological polar surface area (TPSA) is 230 Å². The molecule has 16 heteroatoms. The molecule has 0 fully saturated rings. The molecular weight excluding hydrogens is 638 g/mol. The van der Waals surface area contributed by atoms with Crippen LogP contribution in [-0.4, -0.2) is 49.1 Å². The number of pyridine rings is 1. The molecule has 7 rings (SSSR count). The number of carbonyl (C=O) groups is 1. The van der Waals surface area contributed by atoms with Gasteiger partial charge in [-0.3, -0.25) is 28.8 Å². The van der Waals surface area contributed by atoms with Crippen molar-refractivity contribution >= 4 is 46.0 Å². The Balaban J connectivity index is 1.42. The molecule has 0 bridgehead atoms. The van der Waals surface area contributed by atoms with E-state index in [1.807, 2.05) is 0 Å². The highest BCUT2D eigenvalue weighted by molar-refractivity contribution is 6.37. The number of hydrogen-bond acceptors (Lipinski definition) is 12. The van der Waals surface area contributed by atoms with E-state index in [0.717, 1.165) is 19.4 Å². The molecule has 15 nitrogen and oxygen atoms in total. The quantitative estimate of drug-likeness (QED) is 0.108. The summed E-state index contributed by atoms with van der Waals surface area (Å²) in [5, 5.41) is 35.3. The summed E-state index contributed by atoms with van der Waals surface area (Å²) >= 11 is 6.77. The number of aliphatic hydroxyl groups excluding tert-OH is 2. The Labute approximate surface area is 264 Å². The first-order valence-electron chi connectivity index (χ1n) is 13.9. The SMILES string of the molecule is COc1cc(=O)c2c(=O)c3c(c(=O)c=2c1=O)=C(O)[C@]1(CCc2c1c(O)c1c(=O)[nH]c(/C=N/NC(=O)Cn4ccnc4)cc1c2Cl)C=3O. The van der Waals surface area contributed by atoms with Crippen molar-refractivity contribution in [2.75, 3.05) is 7.11 Å². The minimum atomic E-state index is -2.10. The van der Waals surface area contributed by atoms with E-state index < -0.39 is 82.5 Å². The minimum absolute atomic E-state index is 0.00433. The van der Waals surface area contributed by atoms with E-state index in [9.17, 15) is 44.1 Å².